The third-order valence-corrected chi connectivity index (χ3v) is 10.5. The summed E-state index contributed by atoms with van der Waals surface area (Å²) in [6.45, 7) is 0. The molecule has 2 heteroatoms. The molecular formula is C52H35NO. The van der Waals surface area contributed by atoms with Crippen molar-refractivity contribution in [3.8, 4) is 44.7 Å². The summed E-state index contributed by atoms with van der Waals surface area (Å²) < 4.78 is 6.30. The molecule has 10 aromatic rings. The molecule has 0 amide bonds. The Morgan fingerprint density at radius 2 is 0.759 bits per heavy atom. The van der Waals surface area contributed by atoms with Crippen molar-refractivity contribution in [3.63, 3.8) is 0 Å². The quantitative estimate of drug-likeness (QED) is 0.166. The molecule has 0 N–H and O–H groups in total. The maximum Gasteiger partial charge on any atom is 0.135 e. The van der Waals surface area contributed by atoms with E-state index in [-0.39, 0.29) is 0 Å². The Balaban J connectivity index is 1.02. The van der Waals surface area contributed by atoms with Crippen molar-refractivity contribution in [2.45, 2.75) is 0 Å². The average molecular weight is 690 g/mol. The van der Waals surface area contributed by atoms with Crippen LogP contribution in [-0.4, -0.2) is 0 Å². The van der Waals surface area contributed by atoms with Crippen LogP contribution >= 0.6 is 0 Å². The summed E-state index contributed by atoms with van der Waals surface area (Å²) in [4.78, 5) is 2.33. The molecule has 1 heterocycles. The predicted octanol–water partition coefficient (Wildman–Crippen LogP) is 14.9. The lowest BCUT2D eigenvalue weighted by atomic mass is 9.96. The van der Waals surface area contributed by atoms with Gasteiger partial charge in [-0.2, -0.15) is 0 Å². The van der Waals surface area contributed by atoms with Crippen LogP contribution in [0.3, 0.4) is 0 Å². The molecule has 9 aromatic carbocycles. The maximum atomic E-state index is 6.30. The first kappa shape index (κ1) is 31.6. The van der Waals surface area contributed by atoms with E-state index in [0.29, 0.717) is 0 Å². The molecule has 1 aromatic heterocycles. The van der Waals surface area contributed by atoms with Crippen molar-refractivity contribution >= 4 is 49.6 Å². The Labute approximate surface area is 314 Å². The SMILES string of the molecule is c1cc(-c2cc3ccccc3o2)cc(N(c2ccc(-c3ccc(-c4cccc5ccccc45)cc3)cc2)c2ccc(-c3cccc4ccccc34)cc2)c1. The smallest absolute Gasteiger partial charge is 0.135 e. The third kappa shape index (κ3) is 5.81. The fraction of sp³-hybridized carbons (Fsp3) is 0. The first-order valence-electron chi connectivity index (χ1n) is 18.4. The Kier molecular flexibility index (Phi) is 7.85. The van der Waals surface area contributed by atoms with E-state index in [1.165, 1.54) is 54.9 Å². The molecule has 0 saturated heterocycles. The second-order valence-electron chi connectivity index (χ2n) is 13.8. The summed E-state index contributed by atoms with van der Waals surface area (Å²) >= 11 is 0. The lowest BCUT2D eigenvalue weighted by Gasteiger charge is -2.26. The molecule has 0 saturated carbocycles. The van der Waals surface area contributed by atoms with Gasteiger partial charge in [-0.1, -0.05) is 164 Å². The van der Waals surface area contributed by atoms with Crippen LogP contribution in [0.25, 0.3) is 77.2 Å². The van der Waals surface area contributed by atoms with Crippen molar-refractivity contribution in [2.75, 3.05) is 4.90 Å². The van der Waals surface area contributed by atoms with Gasteiger partial charge in [-0.05, 0) is 103 Å². The number of nitrogens with zero attached hydrogens (tertiary/aromatic N) is 1. The predicted molar refractivity (Wildman–Crippen MR) is 228 cm³/mol. The van der Waals surface area contributed by atoms with Crippen LogP contribution in [-0.2, 0) is 0 Å². The van der Waals surface area contributed by atoms with E-state index in [9.17, 15) is 0 Å². The summed E-state index contributed by atoms with van der Waals surface area (Å²) in [5.74, 6) is 0.853. The van der Waals surface area contributed by atoms with E-state index >= 15 is 0 Å². The fourth-order valence-electron chi connectivity index (χ4n) is 7.76. The van der Waals surface area contributed by atoms with E-state index in [1.807, 2.05) is 18.2 Å². The van der Waals surface area contributed by atoms with Crippen LogP contribution in [0.2, 0.25) is 0 Å². The monoisotopic (exact) mass is 689 g/mol. The number of furan rings is 1. The van der Waals surface area contributed by atoms with E-state index in [1.54, 1.807) is 0 Å². The van der Waals surface area contributed by atoms with E-state index in [2.05, 4.69) is 199 Å². The minimum absolute atomic E-state index is 0.853. The molecule has 10 rings (SSSR count). The molecule has 0 spiro atoms. The van der Waals surface area contributed by atoms with Crippen molar-refractivity contribution < 1.29 is 4.42 Å². The van der Waals surface area contributed by atoms with Gasteiger partial charge in [0.25, 0.3) is 0 Å². The second-order valence-corrected chi connectivity index (χ2v) is 13.8. The summed E-state index contributed by atoms with van der Waals surface area (Å²) in [5.41, 5.74) is 12.4. The molecule has 2 nitrogen and oxygen atoms in total. The van der Waals surface area contributed by atoms with E-state index in [4.69, 9.17) is 4.42 Å². The standard InChI is InChI=1S/C52H35NO/c1-4-17-47-38(10-1)13-8-19-49(47)40-24-22-36(23-25-40)37-26-30-44(31-27-37)53(46-16-7-15-42(34-46)52-35-43-12-3-6-21-51(43)54-52)45-32-28-41(29-33-45)50-20-9-14-39-11-2-5-18-48(39)50/h1-35H. The van der Waals surface area contributed by atoms with Crippen molar-refractivity contribution in [1.29, 1.82) is 0 Å². The zero-order chi connectivity index (χ0) is 35.8. The highest BCUT2D eigenvalue weighted by Gasteiger charge is 2.16. The minimum atomic E-state index is 0.853. The number of hydrogen-bond acceptors (Lipinski definition) is 2. The Bertz CT molecular complexity index is 2880. The molecule has 0 aliphatic carbocycles. The summed E-state index contributed by atoms with van der Waals surface area (Å²) in [6, 6.07) is 75.9. The van der Waals surface area contributed by atoms with Gasteiger partial charge in [0.1, 0.15) is 11.3 Å². The number of benzene rings is 9. The van der Waals surface area contributed by atoms with Crippen LogP contribution in [0.1, 0.15) is 0 Å². The van der Waals surface area contributed by atoms with Crippen molar-refractivity contribution in [1.82, 2.24) is 0 Å². The van der Waals surface area contributed by atoms with Crippen molar-refractivity contribution in [2.24, 2.45) is 0 Å². The molecule has 0 aliphatic heterocycles. The van der Waals surface area contributed by atoms with Gasteiger partial charge in [-0.15, -0.1) is 0 Å². The highest BCUT2D eigenvalue weighted by Crippen LogP contribution is 2.40. The highest BCUT2D eigenvalue weighted by molar-refractivity contribution is 5.98. The van der Waals surface area contributed by atoms with Crippen LogP contribution < -0.4 is 4.90 Å². The van der Waals surface area contributed by atoms with Gasteiger partial charge in [0.2, 0.25) is 0 Å². The lowest BCUT2D eigenvalue weighted by molar-refractivity contribution is 0.631. The number of anilines is 3. The van der Waals surface area contributed by atoms with Gasteiger partial charge in [0.05, 0.1) is 0 Å². The third-order valence-electron chi connectivity index (χ3n) is 10.5. The summed E-state index contributed by atoms with van der Waals surface area (Å²) in [7, 11) is 0. The van der Waals surface area contributed by atoms with Gasteiger partial charge in [-0.25, -0.2) is 0 Å². The van der Waals surface area contributed by atoms with Crippen LogP contribution in [0, 0.1) is 0 Å². The van der Waals surface area contributed by atoms with E-state index < -0.39 is 0 Å². The van der Waals surface area contributed by atoms with Gasteiger partial charge < -0.3 is 9.32 Å². The van der Waals surface area contributed by atoms with Crippen LogP contribution in [0.5, 0.6) is 0 Å². The molecule has 0 atom stereocenters. The molecule has 0 unspecified atom stereocenters. The Morgan fingerprint density at radius 1 is 0.296 bits per heavy atom. The molecule has 254 valence electrons. The Morgan fingerprint density at radius 3 is 1.35 bits per heavy atom. The summed E-state index contributed by atoms with van der Waals surface area (Å²) in [5, 5.41) is 6.12. The largest absolute Gasteiger partial charge is 0.456 e. The molecule has 0 aliphatic rings. The first-order valence-corrected chi connectivity index (χ1v) is 18.4. The highest BCUT2D eigenvalue weighted by atomic mass is 16.3. The Hall–Kier alpha value is -7.16. The summed E-state index contributed by atoms with van der Waals surface area (Å²) in [6.07, 6.45) is 0. The molecule has 0 bridgehead atoms. The van der Waals surface area contributed by atoms with Gasteiger partial charge in [0.15, 0.2) is 0 Å². The average Bonchev–Trinajstić information content (AvgIpc) is 3.69. The van der Waals surface area contributed by atoms with Gasteiger partial charge in [-0.3, -0.25) is 0 Å². The number of rotatable bonds is 7. The van der Waals surface area contributed by atoms with E-state index in [0.717, 1.165) is 39.4 Å². The normalized spacial score (nSPS) is 11.3. The van der Waals surface area contributed by atoms with Gasteiger partial charge in [0, 0.05) is 28.0 Å². The zero-order valence-corrected chi connectivity index (χ0v) is 29.6. The first-order chi connectivity index (χ1) is 26.7. The number of fused-ring (bicyclic) bond motifs is 3. The fourth-order valence-corrected chi connectivity index (χ4v) is 7.76. The zero-order valence-electron chi connectivity index (χ0n) is 29.6. The lowest BCUT2D eigenvalue weighted by Crippen LogP contribution is -2.10. The van der Waals surface area contributed by atoms with Crippen LogP contribution in [0.15, 0.2) is 217 Å². The minimum Gasteiger partial charge on any atom is -0.456 e. The molecule has 0 radical (unpaired) electrons. The molecular weight excluding hydrogens is 655 g/mol. The topological polar surface area (TPSA) is 16.4 Å². The molecule has 0 fully saturated rings. The van der Waals surface area contributed by atoms with Crippen molar-refractivity contribution in [3.05, 3.63) is 212 Å². The van der Waals surface area contributed by atoms with Gasteiger partial charge >= 0.3 is 0 Å². The second kappa shape index (κ2) is 13.4. The maximum absolute atomic E-state index is 6.30. The molecule has 54 heavy (non-hydrogen) atoms. The van der Waals surface area contributed by atoms with Crippen LogP contribution in [0.4, 0.5) is 17.1 Å². The number of para-hydroxylation sites is 1. The number of hydrogen-bond donors (Lipinski definition) is 0.